The Kier molecular flexibility index (Phi) is 7.03. The third-order valence-electron chi connectivity index (χ3n) is 8.25. The molecular weight excluding hydrogens is 542 g/mol. The van der Waals surface area contributed by atoms with Crippen LogP contribution in [0, 0.1) is 12.8 Å². The second-order valence-electron chi connectivity index (χ2n) is 11.0. The number of fused-ring (bicyclic) bond motifs is 2. The first-order valence-electron chi connectivity index (χ1n) is 13.4. The van der Waals surface area contributed by atoms with Gasteiger partial charge in [0.1, 0.15) is 11.1 Å². The number of para-hydroxylation sites is 1. The van der Waals surface area contributed by atoms with Gasteiger partial charge in [0.25, 0.3) is 12.3 Å². The second-order valence-corrected chi connectivity index (χ2v) is 11.4. The number of hydrogen-bond acceptors (Lipinski definition) is 7. The van der Waals surface area contributed by atoms with Crippen LogP contribution in [-0.2, 0) is 16.8 Å². The Hall–Kier alpha value is -3.44. The Morgan fingerprint density at radius 2 is 1.98 bits per heavy atom. The van der Waals surface area contributed by atoms with E-state index in [4.69, 9.17) is 16.1 Å². The first-order chi connectivity index (χ1) is 19.2. The fourth-order valence-corrected chi connectivity index (χ4v) is 6.49. The monoisotopic (exact) mass is 570 g/mol. The van der Waals surface area contributed by atoms with Crippen molar-refractivity contribution in [1.29, 1.82) is 0 Å². The molecule has 12 heteroatoms. The van der Waals surface area contributed by atoms with Crippen LogP contribution in [0.25, 0.3) is 0 Å². The number of nitrogens with one attached hydrogen (secondary N) is 1. The van der Waals surface area contributed by atoms with E-state index in [-0.39, 0.29) is 28.5 Å². The number of rotatable bonds is 7. The van der Waals surface area contributed by atoms with Gasteiger partial charge in [0.05, 0.1) is 17.1 Å². The van der Waals surface area contributed by atoms with Crippen LogP contribution in [0.5, 0.6) is 0 Å². The van der Waals surface area contributed by atoms with E-state index in [1.165, 1.54) is 6.07 Å². The summed E-state index contributed by atoms with van der Waals surface area (Å²) in [6.07, 6.45) is 1.25. The lowest BCUT2D eigenvalue weighted by atomic mass is 9.74. The minimum Gasteiger partial charge on any atom is -0.349 e. The molecule has 0 atom stereocenters. The number of amides is 2. The number of carbonyl (C=O) groups is 2. The molecule has 4 heterocycles. The van der Waals surface area contributed by atoms with Crippen LogP contribution in [0.3, 0.4) is 0 Å². The van der Waals surface area contributed by atoms with Crippen molar-refractivity contribution in [1.82, 2.24) is 25.3 Å². The molecule has 6 rings (SSSR count). The predicted molar refractivity (Wildman–Crippen MR) is 142 cm³/mol. The fourth-order valence-electron chi connectivity index (χ4n) is 6.33. The number of benzene rings is 1. The van der Waals surface area contributed by atoms with Crippen LogP contribution in [0.1, 0.15) is 65.4 Å². The molecule has 2 aliphatic heterocycles. The summed E-state index contributed by atoms with van der Waals surface area (Å²) >= 11 is 5.90. The van der Waals surface area contributed by atoms with E-state index in [1.54, 1.807) is 6.92 Å². The largest absolute Gasteiger partial charge is 0.349 e. The maximum atomic E-state index is 13.8. The van der Waals surface area contributed by atoms with Crippen molar-refractivity contribution in [2.24, 2.45) is 5.92 Å². The summed E-state index contributed by atoms with van der Waals surface area (Å²) in [6.45, 7) is 4.10. The average Bonchev–Trinajstić information content (AvgIpc) is 3.43. The summed E-state index contributed by atoms with van der Waals surface area (Å²) in [5.41, 5.74) is 0.696. The molecule has 3 aliphatic rings. The molecule has 2 aromatic heterocycles. The van der Waals surface area contributed by atoms with E-state index in [2.05, 4.69) is 25.3 Å². The van der Waals surface area contributed by atoms with Crippen LogP contribution in [0.2, 0.25) is 5.02 Å². The Bertz CT molecular complexity index is 1430. The molecule has 0 radical (unpaired) electrons. The van der Waals surface area contributed by atoms with Gasteiger partial charge in [-0.15, -0.1) is 0 Å². The SMILES string of the molecule is Cc1nc(CN2CC3(C2)C(=O)N(C[C@H]2CC[C@H](NC(=O)c4cc(Cl)cnc4C(F)F)CC2)c2ccccc23)no1. The van der Waals surface area contributed by atoms with Crippen molar-refractivity contribution >= 4 is 29.1 Å². The van der Waals surface area contributed by atoms with Gasteiger partial charge in [-0.05, 0) is 49.3 Å². The number of halogens is 3. The first kappa shape index (κ1) is 26.8. The summed E-state index contributed by atoms with van der Waals surface area (Å²) in [7, 11) is 0. The number of nitrogens with zero attached hydrogens (tertiary/aromatic N) is 5. The molecule has 0 bridgehead atoms. The lowest BCUT2D eigenvalue weighted by molar-refractivity contribution is -0.130. The number of carbonyl (C=O) groups excluding carboxylic acids is 2. The van der Waals surface area contributed by atoms with Crippen molar-refractivity contribution in [3.05, 3.63) is 70.1 Å². The van der Waals surface area contributed by atoms with Crippen molar-refractivity contribution in [2.75, 3.05) is 24.5 Å². The van der Waals surface area contributed by atoms with Gasteiger partial charge >= 0.3 is 0 Å². The third kappa shape index (κ3) is 4.85. The molecule has 1 saturated carbocycles. The number of likely N-dealkylation sites (tertiary alicyclic amines) is 1. The Morgan fingerprint density at radius 3 is 2.67 bits per heavy atom. The van der Waals surface area contributed by atoms with Crippen molar-refractivity contribution in [3.8, 4) is 0 Å². The van der Waals surface area contributed by atoms with Gasteiger partial charge in [0.15, 0.2) is 5.82 Å². The average molecular weight is 571 g/mol. The third-order valence-corrected chi connectivity index (χ3v) is 8.45. The molecule has 1 aromatic carbocycles. The summed E-state index contributed by atoms with van der Waals surface area (Å²) in [6, 6.07) is 9.09. The minimum atomic E-state index is -2.87. The topological polar surface area (TPSA) is 104 Å². The predicted octanol–water partition coefficient (Wildman–Crippen LogP) is 4.45. The van der Waals surface area contributed by atoms with E-state index in [0.717, 1.165) is 30.3 Å². The summed E-state index contributed by atoms with van der Waals surface area (Å²) < 4.78 is 31.8. The van der Waals surface area contributed by atoms with E-state index in [1.807, 2.05) is 29.2 Å². The number of aryl methyl sites for hydroxylation is 1. The standard InChI is InChI=1S/C28H29ClF2N6O3/c1-16-33-23(35-40-16)13-36-14-28(15-36)21-4-2-3-5-22(21)37(27(28)39)12-17-6-8-19(9-7-17)34-26(38)20-10-18(29)11-32-24(20)25(30)31/h2-5,10-11,17,19,25H,6-9,12-15H2,1H3,(H,34,38)/t17-,19-. The van der Waals surface area contributed by atoms with E-state index in [9.17, 15) is 18.4 Å². The van der Waals surface area contributed by atoms with Crippen LogP contribution >= 0.6 is 11.6 Å². The highest BCUT2D eigenvalue weighted by Gasteiger charge is 2.58. The highest BCUT2D eigenvalue weighted by atomic mass is 35.5. The Labute approximate surface area is 234 Å². The number of aromatic nitrogens is 3. The zero-order valence-electron chi connectivity index (χ0n) is 21.9. The maximum Gasteiger partial charge on any atom is 0.281 e. The molecule has 1 saturated heterocycles. The lowest BCUT2D eigenvalue weighted by Gasteiger charge is -2.46. The van der Waals surface area contributed by atoms with Gasteiger partial charge in [-0.2, -0.15) is 4.98 Å². The fraction of sp³-hybridized carbons (Fsp3) is 0.464. The lowest BCUT2D eigenvalue weighted by Crippen LogP contribution is -2.63. The van der Waals surface area contributed by atoms with Gasteiger partial charge < -0.3 is 14.7 Å². The smallest absolute Gasteiger partial charge is 0.281 e. The number of hydrogen-bond donors (Lipinski definition) is 1. The molecule has 1 aliphatic carbocycles. The maximum absolute atomic E-state index is 13.8. The van der Waals surface area contributed by atoms with E-state index < -0.39 is 23.4 Å². The van der Waals surface area contributed by atoms with Gasteiger partial charge in [-0.1, -0.05) is 35.0 Å². The first-order valence-corrected chi connectivity index (χ1v) is 13.8. The number of alkyl halides is 2. The summed E-state index contributed by atoms with van der Waals surface area (Å²) in [5.74, 6) is 0.932. The zero-order valence-corrected chi connectivity index (χ0v) is 22.7. The molecule has 3 aromatic rings. The van der Waals surface area contributed by atoms with Gasteiger partial charge in [-0.3, -0.25) is 19.5 Å². The van der Waals surface area contributed by atoms with Gasteiger partial charge in [-0.25, -0.2) is 8.78 Å². The van der Waals surface area contributed by atoms with Crippen molar-refractivity contribution in [2.45, 2.75) is 57.0 Å². The molecule has 2 amide bonds. The molecule has 1 N–H and O–H groups in total. The Morgan fingerprint density at radius 1 is 1.23 bits per heavy atom. The zero-order chi connectivity index (χ0) is 28.0. The van der Waals surface area contributed by atoms with Crippen LogP contribution < -0.4 is 10.2 Å². The summed E-state index contributed by atoms with van der Waals surface area (Å²) in [4.78, 5) is 38.6. The highest BCUT2D eigenvalue weighted by molar-refractivity contribution is 6.30. The molecule has 210 valence electrons. The minimum absolute atomic E-state index is 0.123. The molecule has 1 spiro atoms. The Balaban J connectivity index is 1.07. The molecule has 2 fully saturated rings. The van der Waals surface area contributed by atoms with Crippen molar-refractivity contribution in [3.63, 3.8) is 0 Å². The highest BCUT2D eigenvalue weighted by Crippen LogP contribution is 2.48. The molecular formula is C28H29ClF2N6O3. The number of pyridine rings is 1. The number of anilines is 1. The van der Waals surface area contributed by atoms with Gasteiger partial charge in [0.2, 0.25) is 11.8 Å². The molecule has 40 heavy (non-hydrogen) atoms. The van der Waals surface area contributed by atoms with Crippen LogP contribution in [0.15, 0.2) is 41.1 Å². The van der Waals surface area contributed by atoms with Crippen LogP contribution in [-0.4, -0.2) is 57.5 Å². The van der Waals surface area contributed by atoms with Gasteiger partial charge in [0, 0.05) is 44.5 Å². The molecule has 0 unspecified atom stereocenters. The van der Waals surface area contributed by atoms with E-state index >= 15 is 0 Å². The van der Waals surface area contributed by atoms with E-state index in [0.29, 0.717) is 50.7 Å². The second kappa shape index (κ2) is 10.5. The van der Waals surface area contributed by atoms with Crippen molar-refractivity contribution < 1.29 is 22.9 Å². The summed E-state index contributed by atoms with van der Waals surface area (Å²) in [5, 5.41) is 6.98. The van der Waals surface area contributed by atoms with Crippen LogP contribution in [0.4, 0.5) is 14.5 Å². The normalized spacial score (nSPS) is 22.0. The molecule has 9 nitrogen and oxygen atoms in total. The quantitative estimate of drug-likeness (QED) is 0.447.